The Bertz CT molecular complexity index is 264. The van der Waals surface area contributed by atoms with Gasteiger partial charge in [-0.1, -0.05) is 13.3 Å². The predicted octanol–water partition coefficient (Wildman–Crippen LogP) is 2.24. The molecule has 0 radical (unpaired) electrons. The third-order valence-corrected chi connectivity index (χ3v) is 3.27. The molecule has 1 N–H and O–H groups in total. The van der Waals surface area contributed by atoms with Gasteiger partial charge < -0.3 is 15.0 Å². The number of nitrogens with one attached hydrogen (secondary N) is 1. The second-order valence-electron chi connectivity index (χ2n) is 4.65. The van der Waals surface area contributed by atoms with Crippen LogP contribution >= 0.6 is 0 Å². The number of amides is 1. The molecule has 1 rings (SSSR count). The largest absolute Gasteiger partial charge is 0.449 e. The molecule has 4 nitrogen and oxygen atoms in total. The fourth-order valence-electron chi connectivity index (χ4n) is 2.03. The van der Waals surface area contributed by atoms with E-state index in [1.807, 2.05) is 6.92 Å². The van der Waals surface area contributed by atoms with Crippen LogP contribution in [0.5, 0.6) is 0 Å². The van der Waals surface area contributed by atoms with Crippen LogP contribution in [-0.2, 0) is 4.74 Å². The number of carbonyl (C=O) groups is 1. The van der Waals surface area contributed by atoms with Crippen LogP contribution in [0.15, 0.2) is 0 Å². The van der Waals surface area contributed by atoms with Crippen LogP contribution < -0.4 is 5.32 Å². The maximum atomic E-state index is 12.6. The first kappa shape index (κ1) is 15.1. The van der Waals surface area contributed by atoms with Crippen molar-refractivity contribution >= 4 is 6.09 Å². The SMILES string of the molecule is CCCCOC(=O)N(C)C1CCNC(C(F)F)C1. The van der Waals surface area contributed by atoms with Crippen LogP contribution in [-0.4, -0.2) is 49.7 Å². The molecule has 1 aliphatic rings. The monoisotopic (exact) mass is 264 g/mol. The quantitative estimate of drug-likeness (QED) is 0.774. The van der Waals surface area contributed by atoms with Crippen molar-refractivity contribution in [1.29, 1.82) is 0 Å². The molecular formula is C12H22F2N2O2. The summed E-state index contributed by atoms with van der Waals surface area (Å²) in [5, 5.41) is 2.77. The molecule has 1 fully saturated rings. The molecule has 0 spiro atoms. The number of rotatable bonds is 5. The van der Waals surface area contributed by atoms with Crippen molar-refractivity contribution in [2.75, 3.05) is 20.2 Å². The first-order valence-corrected chi connectivity index (χ1v) is 6.47. The molecule has 0 aromatic heterocycles. The van der Waals surface area contributed by atoms with Crippen molar-refractivity contribution < 1.29 is 18.3 Å². The highest BCUT2D eigenvalue weighted by Gasteiger charge is 2.32. The molecule has 1 amide bonds. The number of ether oxygens (including phenoxy) is 1. The summed E-state index contributed by atoms with van der Waals surface area (Å²) in [4.78, 5) is 13.1. The predicted molar refractivity (Wildman–Crippen MR) is 64.8 cm³/mol. The Morgan fingerprint density at radius 1 is 1.56 bits per heavy atom. The van der Waals surface area contributed by atoms with E-state index in [0.717, 1.165) is 12.8 Å². The van der Waals surface area contributed by atoms with Crippen molar-refractivity contribution in [2.24, 2.45) is 0 Å². The second-order valence-corrected chi connectivity index (χ2v) is 4.65. The molecular weight excluding hydrogens is 242 g/mol. The van der Waals surface area contributed by atoms with Gasteiger partial charge in [0.2, 0.25) is 0 Å². The lowest BCUT2D eigenvalue weighted by Crippen LogP contribution is -2.51. The summed E-state index contributed by atoms with van der Waals surface area (Å²) in [6.45, 7) is 2.91. The number of hydrogen-bond donors (Lipinski definition) is 1. The number of nitrogens with zero attached hydrogens (tertiary/aromatic N) is 1. The molecule has 2 unspecified atom stereocenters. The summed E-state index contributed by atoms with van der Waals surface area (Å²) in [6, 6.07) is -0.992. The van der Waals surface area contributed by atoms with Crippen LogP contribution in [0.3, 0.4) is 0 Å². The van der Waals surface area contributed by atoms with E-state index in [1.165, 1.54) is 4.90 Å². The van der Waals surface area contributed by atoms with Gasteiger partial charge in [-0.2, -0.15) is 0 Å². The Kier molecular flexibility index (Phi) is 6.32. The Labute approximate surface area is 107 Å². The zero-order valence-electron chi connectivity index (χ0n) is 11.0. The van der Waals surface area contributed by atoms with E-state index in [0.29, 0.717) is 19.6 Å². The minimum Gasteiger partial charge on any atom is -0.449 e. The molecule has 2 atom stereocenters. The van der Waals surface area contributed by atoms with Crippen molar-refractivity contribution in [2.45, 2.75) is 51.1 Å². The zero-order chi connectivity index (χ0) is 13.5. The topological polar surface area (TPSA) is 41.6 Å². The van der Waals surface area contributed by atoms with Gasteiger partial charge in [0.15, 0.2) is 0 Å². The van der Waals surface area contributed by atoms with Crippen LogP contribution in [0.1, 0.15) is 32.6 Å². The summed E-state index contributed by atoms with van der Waals surface area (Å²) >= 11 is 0. The molecule has 0 bridgehead atoms. The Morgan fingerprint density at radius 3 is 2.89 bits per heavy atom. The van der Waals surface area contributed by atoms with Gasteiger partial charge in [0.25, 0.3) is 6.43 Å². The number of piperidine rings is 1. The molecule has 1 saturated heterocycles. The van der Waals surface area contributed by atoms with Crippen LogP contribution in [0.4, 0.5) is 13.6 Å². The number of halogens is 2. The normalized spacial score (nSPS) is 24.1. The van der Waals surface area contributed by atoms with Crippen molar-refractivity contribution in [1.82, 2.24) is 10.2 Å². The second kappa shape index (κ2) is 7.51. The molecule has 6 heteroatoms. The average molecular weight is 264 g/mol. The average Bonchev–Trinajstić information content (AvgIpc) is 2.38. The number of hydrogen-bond acceptors (Lipinski definition) is 3. The molecule has 18 heavy (non-hydrogen) atoms. The van der Waals surface area contributed by atoms with E-state index < -0.39 is 18.6 Å². The Balaban J connectivity index is 2.40. The first-order chi connectivity index (χ1) is 8.56. The van der Waals surface area contributed by atoms with E-state index in [1.54, 1.807) is 7.05 Å². The van der Waals surface area contributed by atoms with Gasteiger partial charge in [-0.05, 0) is 25.8 Å². The zero-order valence-corrected chi connectivity index (χ0v) is 11.0. The molecule has 0 aliphatic carbocycles. The standard InChI is InChI=1S/C12H22F2N2O2/c1-3-4-7-18-12(17)16(2)9-5-6-15-10(8-9)11(13)14/h9-11,15H,3-8H2,1-2H3. The van der Waals surface area contributed by atoms with E-state index in [9.17, 15) is 13.6 Å². The van der Waals surface area contributed by atoms with Gasteiger partial charge in [-0.25, -0.2) is 13.6 Å². The number of carbonyl (C=O) groups excluding carboxylic acids is 1. The Morgan fingerprint density at radius 2 is 2.28 bits per heavy atom. The highest BCUT2D eigenvalue weighted by atomic mass is 19.3. The molecule has 0 aromatic carbocycles. The lowest BCUT2D eigenvalue weighted by molar-refractivity contribution is 0.0488. The van der Waals surface area contributed by atoms with Crippen LogP contribution in [0.2, 0.25) is 0 Å². The maximum absolute atomic E-state index is 12.6. The van der Waals surface area contributed by atoms with E-state index in [2.05, 4.69) is 5.32 Å². The first-order valence-electron chi connectivity index (χ1n) is 6.47. The summed E-state index contributed by atoms with van der Waals surface area (Å²) in [5.74, 6) is 0. The number of unbranched alkanes of at least 4 members (excludes halogenated alkanes) is 1. The lowest BCUT2D eigenvalue weighted by Gasteiger charge is -2.35. The van der Waals surface area contributed by atoms with Gasteiger partial charge in [0.05, 0.1) is 12.6 Å². The summed E-state index contributed by atoms with van der Waals surface area (Å²) in [6.07, 6.45) is -0.0659. The highest BCUT2D eigenvalue weighted by Crippen LogP contribution is 2.19. The van der Waals surface area contributed by atoms with Crippen LogP contribution in [0.25, 0.3) is 0 Å². The smallest absolute Gasteiger partial charge is 0.409 e. The molecule has 0 aromatic rings. The van der Waals surface area contributed by atoms with Gasteiger partial charge >= 0.3 is 6.09 Å². The highest BCUT2D eigenvalue weighted by molar-refractivity contribution is 5.67. The fourth-order valence-corrected chi connectivity index (χ4v) is 2.03. The van der Waals surface area contributed by atoms with Crippen molar-refractivity contribution in [3.8, 4) is 0 Å². The van der Waals surface area contributed by atoms with E-state index in [4.69, 9.17) is 4.74 Å². The van der Waals surface area contributed by atoms with E-state index >= 15 is 0 Å². The minimum atomic E-state index is -2.39. The van der Waals surface area contributed by atoms with Crippen molar-refractivity contribution in [3.63, 3.8) is 0 Å². The van der Waals surface area contributed by atoms with Gasteiger partial charge in [0.1, 0.15) is 0 Å². The minimum absolute atomic E-state index is 0.167. The molecule has 106 valence electrons. The summed E-state index contributed by atoms with van der Waals surface area (Å²) < 4.78 is 30.3. The van der Waals surface area contributed by atoms with Gasteiger partial charge in [-0.15, -0.1) is 0 Å². The third kappa shape index (κ3) is 4.40. The molecule has 0 saturated carbocycles. The van der Waals surface area contributed by atoms with Gasteiger partial charge in [0, 0.05) is 13.1 Å². The van der Waals surface area contributed by atoms with Crippen LogP contribution in [0, 0.1) is 0 Å². The fraction of sp³-hybridized carbons (Fsp3) is 0.917. The third-order valence-electron chi connectivity index (χ3n) is 3.27. The molecule has 1 aliphatic heterocycles. The summed E-state index contributed by atoms with van der Waals surface area (Å²) in [5.41, 5.74) is 0. The summed E-state index contributed by atoms with van der Waals surface area (Å²) in [7, 11) is 1.62. The Hall–Kier alpha value is -0.910. The lowest BCUT2D eigenvalue weighted by atomic mass is 9.99. The number of alkyl halides is 2. The molecule has 1 heterocycles. The van der Waals surface area contributed by atoms with Gasteiger partial charge in [-0.3, -0.25) is 0 Å². The maximum Gasteiger partial charge on any atom is 0.409 e. The van der Waals surface area contributed by atoms with Crippen molar-refractivity contribution in [3.05, 3.63) is 0 Å². The van der Waals surface area contributed by atoms with E-state index in [-0.39, 0.29) is 12.5 Å².